The molecule has 0 aliphatic rings. The summed E-state index contributed by atoms with van der Waals surface area (Å²) < 4.78 is 12.8. The lowest BCUT2D eigenvalue weighted by molar-refractivity contribution is 0.627. The van der Waals surface area contributed by atoms with Crippen LogP contribution in [0.2, 0.25) is 0 Å². The van der Waals surface area contributed by atoms with Gasteiger partial charge in [-0.25, -0.2) is 9.37 Å². The Hall–Kier alpha value is -2.17. The van der Waals surface area contributed by atoms with Gasteiger partial charge in [0.15, 0.2) is 0 Å². The number of benzene rings is 1. The number of hydrogen-bond acceptors (Lipinski definition) is 4. The van der Waals surface area contributed by atoms with Crippen LogP contribution in [0.15, 0.2) is 30.3 Å². The van der Waals surface area contributed by atoms with Gasteiger partial charge in [-0.05, 0) is 31.0 Å². The van der Waals surface area contributed by atoms with Gasteiger partial charge >= 0.3 is 0 Å². The van der Waals surface area contributed by atoms with Crippen LogP contribution in [0.25, 0.3) is 0 Å². The van der Waals surface area contributed by atoms with E-state index in [1.54, 1.807) is 12.1 Å². The molecular weight excluding hydrogens is 267 g/mol. The molecule has 0 saturated carbocycles. The van der Waals surface area contributed by atoms with Gasteiger partial charge in [0.1, 0.15) is 11.6 Å². The summed E-state index contributed by atoms with van der Waals surface area (Å²) in [6, 6.07) is 8.33. The van der Waals surface area contributed by atoms with Gasteiger partial charge in [-0.1, -0.05) is 25.5 Å². The number of anilines is 2. The summed E-state index contributed by atoms with van der Waals surface area (Å²) in [7, 11) is 0. The highest BCUT2D eigenvalue weighted by Gasteiger charge is 2.02. The molecule has 0 spiro atoms. The fourth-order valence-electron chi connectivity index (χ4n) is 1.91. The van der Waals surface area contributed by atoms with E-state index in [0.717, 1.165) is 36.5 Å². The van der Waals surface area contributed by atoms with Crippen LogP contribution in [0.1, 0.15) is 31.0 Å². The molecule has 0 amide bonds. The minimum atomic E-state index is -0.229. The quantitative estimate of drug-likeness (QED) is 0.762. The van der Waals surface area contributed by atoms with Crippen LogP contribution < -0.4 is 10.6 Å². The van der Waals surface area contributed by atoms with E-state index >= 15 is 0 Å². The molecule has 5 heteroatoms. The summed E-state index contributed by atoms with van der Waals surface area (Å²) in [5.41, 5.74) is 1.90. The number of unbranched alkanes of at least 4 members (excludes halogenated alkanes) is 1. The molecule has 0 aliphatic heterocycles. The van der Waals surface area contributed by atoms with Crippen molar-refractivity contribution in [3.05, 3.63) is 47.4 Å². The topological polar surface area (TPSA) is 49.8 Å². The molecule has 2 aromatic rings. The zero-order chi connectivity index (χ0) is 15.1. The number of aryl methyl sites for hydroxylation is 1. The average Bonchev–Trinajstić information content (AvgIpc) is 2.46. The van der Waals surface area contributed by atoms with Crippen molar-refractivity contribution in [2.75, 3.05) is 17.2 Å². The number of nitrogens with one attached hydrogen (secondary N) is 2. The van der Waals surface area contributed by atoms with Crippen molar-refractivity contribution in [2.45, 2.75) is 33.2 Å². The molecule has 2 N–H and O–H groups in total. The van der Waals surface area contributed by atoms with Gasteiger partial charge in [0, 0.05) is 24.8 Å². The van der Waals surface area contributed by atoms with Gasteiger partial charge in [-0.2, -0.15) is 4.98 Å². The Morgan fingerprint density at radius 2 is 1.86 bits per heavy atom. The Balaban J connectivity index is 1.97. The number of nitrogens with zero attached hydrogens (tertiary/aromatic N) is 2. The molecule has 0 unspecified atom stereocenters. The molecule has 1 heterocycles. The lowest BCUT2D eigenvalue weighted by Crippen LogP contribution is -2.08. The maximum Gasteiger partial charge on any atom is 0.225 e. The van der Waals surface area contributed by atoms with E-state index in [1.165, 1.54) is 12.1 Å². The highest BCUT2D eigenvalue weighted by Crippen LogP contribution is 2.11. The molecular formula is C16H21FN4. The molecule has 112 valence electrons. The van der Waals surface area contributed by atoms with Crippen molar-refractivity contribution in [1.82, 2.24) is 9.97 Å². The van der Waals surface area contributed by atoms with Crippen molar-refractivity contribution in [2.24, 2.45) is 0 Å². The highest BCUT2D eigenvalue weighted by molar-refractivity contribution is 5.42. The molecule has 4 nitrogen and oxygen atoms in total. The van der Waals surface area contributed by atoms with E-state index in [4.69, 9.17) is 0 Å². The summed E-state index contributed by atoms with van der Waals surface area (Å²) >= 11 is 0. The first kappa shape index (κ1) is 15.2. The second kappa shape index (κ2) is 7.57. The van der Waals surface area contributed by atoms with Crippen LogP contribution >= 0.6 is 0 Å². The first-order valence-corrected chi connectivity index (χ1v) is 7.25. The van der Waals surface area contributed by atoms with Crippen molar-refractivity contribution >= 4 is 11.8 Å². The van der Waals surface area contributed by atoms with Gasteiger partial charge in [0.05, 0.1) is 0 Å². The number of hydrogen-bond donors (Lipinski definition) is 2. The Kier molecular flexibility index (Phi) is 5.49. The number of aromatic nitrogens is 2. The fourth-order valence-corrected chi connectivity index (χ4v) is 1.91. The molecule has 2 rings (SSSR count). The second-order valence-electron chi connectivity index (χ2n) is 4.98. The van der Waals surface area contributed by atoms with E-state index in [1.807, 2.05) is 13.0 Å². The normalized spacial score (nSPS) is 10.4. The molecule has 1 aromatic carbocycles. The maximum absolute atomic E-state index is 12.8. The summed E-state index contributed by atoms with van der Waals surface area (Å²) in [6.45, 7) is 5.57. The van der Waals surface area contributed by atoms with Crippen LogP contribution in [0, 0.1) is 12.7 Å². The van der Waals surface area contributed by atoms with E-state index in [-0.39, 0.29) is 5.82 Å². The van der Waals surface area contributed by atoms with Crippen molar-refractivity contribution in [1.29, 1.82) is 0 Å². The van der Waals surface area contributed by atoms with E-state index < -0.39 is 0 Å². The lowest BCUT2D eigenvalue weighted by atomic mass is 10.2. The monoisotopic (exact) mass is 288 g/mol. The SMILES string of the molecule is CCCCNc1cc(C)nc(NCc2ccc(F)cc2)n1. The molecule has 0 fully saturated rings. The molecule has 21 heavy (non-hydrogen) atoms. The summed E-state index contributed by atoms with van der Waals surface area (Å²) in [6.07, 6.45) is 2.26. The standard InChI is InChI=1S/C16H21FN4/c1-3-4-9-18-15-10-12(2)20-16(21-15)19-11-13-5-7-14(17)8-6-13/h5-8,10H,3-4,9,11H2,1-2H3,(H2,18,19,20,21). The summed E-state index contributed by atoms with van der Waals surface area (Å²) in [4.78, 5) is 8.79. The lowest BCUT2D eigenvalue weighted by Gasteiger charge is -2.09. The molecule has 0 bridgehead atoms. The van der Waals surface area contributed by atoms with Gasteiger partial charge in [0.25, 0.3) is 0 Å². The predicted molar refractivity (Wildman–Crippen MR) is 83.9 cm³/mol. The minimum Gasteiger partial charge on any atom is -0.370 e. The Morgan fingerprint density at radius 1 is 1.10 bits per heavy atom. The fraction of sp³-hybridized carbons (Fsp3) is 0.375. The minimum absolute atomic E-state index is 0.229. The van der Waals surface area contributed by atoms with E-state index in [9.17, 15) is 4.39 Å². The van der Waals surface area contributed by atoms with Crippen LogP contribution in [0.5, 0.6) is 0 Å². The predicted octanol–water partition coefficient (Wildman–Crippen LogP) is 3.75. The van der Waals surface area contributed by atoms with Crippen LogP contribution in [-0.2, 0) is 6.54 Å². The molecule has 1 aromatic heterocycles. The molecule has 0 saturated heterocycles. The van der Waals surface area contributed by atoms with Crippen molar-refractivity contribution in [3.63, 3.8) is 0 Å². The summed E-state index contributed by atoms with van der Waals surface area (Å²) in [5, 5.41) is 6.46. The molecule has 0 aliphatic carbocycles. The Labute approximate surface area is 124 Å². The largest absolute Gasteiger partial charge is 0.370 e. The summed E-state index contributed by atoms with van der Waals surface area (Å²) in [5.74, 6) is 1.18. The molecule has 0 atom stereocenters. The van der Waals surface area contributed by atoms with Crippen molar-refractivity contribution in [3.8, 4) is 0 Å². The number of halogens is 1. The smallest absolute Gasteiger partial charge is 0.225 e. The zero-order valence-electron chi connectivity index (χ0n) is 12.5. The Bertz CT molecular complexity index is 569. The van der Waals surface area contributed by atoms with Crippen LogP contribution in [0.3, 0.4) is 0 Å². The van der Waals surface area contributed by atoms with Gasteiger partial charge in [-0.3, -0.25) is 0 Å². The first-order valence-electron chi connectivity index (χ1n) is 7.25. The molecule has 0 radical (unpaired) electrons. The third-order valence-electron chi connectivity index (χ3n) is 3.05. The third kappa shape index (κ3) is 5.02. The second-order valence-corrected chi connectivity index (χ2v) is 4.98. The van der Waals surface area contributed by atoms with E-state index in [0.29, 0.717) is 12.5 Å². The first-order chi connectivity index (χ1) is 10.2. The van der Waals surface area contributed by atoms with Gasteiger partial charge in [-0.15, -0.1) is 0 Å². The van der Waals surface area contributed by atoms with Gasteiger partial charge in [0.2, 0.25) is 5.95 Å². The van der Waals surface area contributed by atoms with Crippen LogP contribution in [-0.4, -0.2) is 16.5 Å². The van der Waals surface area contributed by atoms with E-state index in [2.05, 4.69) is 27.5 Å². The average molecular weight is 288 g/mol. The highest BCUT2D eigenvalue weighted by atomic mass is 19.1. The maximum atomic E-state index is 12.8. The number of rotatable bonds is 7. The van der Waals surface area contributed by atoms with Crippen LogP contribution in [0.4, 0.5) is 16.2 Å². The van der Waals surface area contributed by atoms with Gasteiger partial charge < -0.3 is 10.6 Å². The van der Waals surface area contributed by atoms with Crippen molar-refractivity contribution < 1.29 is 4.39 Å². The Morgan fingerprint density at radius 3 is 2.57 bits per heavy atom. The zero-order valence-corrected chi connectivity index (χ0v) is 12.5. The third-order valence-corrected chi connectivity index (χ3v) is 3.05.